The Bertz CT molecular complexity index is 752. The van der Waals surface area contributed by atoms with E-state index in [1.54, 1.807) is 7.05 Å². The van der Waals surface area contributed by atoms with E-state index in [1.165, 1.54) is 10.7 Å². The maximum absolute atomic E-state index is 12.8. The number of rotatable bonds is 6. The van der Waals surface area contributed by atoms with Gasteiger partial charge in [-0.25, -0.2) is 0 Å². The highest BCUT2D eigenvalue weighted by molar-refractivity contribution is 14.0. The summed E-state index contributed by atoms with van der Waals surface area (Å²) in [6.07, 6.45) is 6.41. The largest absolute Gasteiger partial charge is 0.379 e. The average Bonchev–Trinajstić information content (AvgIpc) is 3.58. The van der Waals surface area contributed by atoms with E-state index in [2.05, 4.69) is 32.7 Å². The van der Waals surface area contributed by atoms with Crippen molar-refractivity contribution >= 4 is 53.5 Å². The van der Waals surface area contributed by atoms with Crippen LogP contribution in [0, 0.1) is 23.7 Å². The number of morpholine rings is 1. The Kier molecular flexibility index (Phi) is 7.73. The van der Waals surface area contributed by atoms with Crippen molar-refractivity contribution in [1.82, 2.24) is 20.4 Å². The molecule has 3 heterocycles. The number of hydrogen-bond donors (Lipinski definition) is 2. The second kappa shape index (κ2) is 10.2. The number of carbonyl (C=O) groups is 2. The number of hydrogen-bond acceptors (Lipinski definition) is 6. The van der Waals surface area contributed by atoms with E-state index in [0.717, 1.165) is 57.4 Å². The van der Waals surface area contributed by atoms with Crippen molar-refractivity contribution in [3.8, 4) is 0 Å². The number of nitrogens with one attached hydrogen (secondary N) is 2. The van der Waals surface area contributed by atoms with Gasteiger partial charge in [0.1, 0.15) is 0 Å². The molecule has 178 valence electrons. The number of allylic oxidation sites excluding steroid dienone is 2. The first-order chi connectivity index (χ1) is 15.1. The molecule has 1 saturated carbocycles. The Morgan fingerprint density at radius 3 is 2.47 bits per heavy atom. The number of guanidine groups is 1. The molecule has 0 aromatic heterocycles. The molecular weight excluding hydrogens is 541 g/mol. The molecule has 8 nitrogen and oxygen atoms in total. The lowest BCUT2D eigenvalue weighted by Crippen LogP contribution is -2.60. The number of ether oxygens (including phenoxy) is 1. The molecule has 32 heavy (non-hydrogen) atoms. The fraction of sp³-hybridized carbons (Fsp3) is 0.773. The Labute approximate surface area is 211 Å². The highest BCUT2D eigenvalue weighted by Crippen LogP contribution is 2.52. The molecule has 5 unspecified atom stereocenters. The predicted molar refractivity (Wildman–Crippen MR) is 136 cm³/mol. The molecule has 0 aromatic carbocycles. The molecule has 5 atom stereocenters. The fourth-order valence-electron chi connectivity index (χ4n) is 6.07. The molecular formula is C22H34IN5O3S. The molecule has 2 N–H and O–H groups in total. The molecule has 10 heteroatoms. The van der Waals surface area contributed by atoms with Crippen LogP contribution in [0.15, 0.2) is 17.1 Å². The van der Waals surface area contributed by atoms with Gasteiger partial charge in [-0.2, -0.15) is 11.8 Å². The standard InChI is InChI=1S/C22H33N5O3S.HI/c1-23-21(25-13-22(4-11-31-14-22)26-7-9-30-10-8-26)24-5-6-27-19(28)17-15-2-3-16(12-15)18(17)20(27)29;/h2-3,15-18H,4-14H2,1H3,(H2,23,24,25);1H. The minimum atomic E-state index is -0.117. The molecule has 0 spiro atoms. The molecule has 0 aromatic rings. The van der Waals surface area contributed by atoms with E-state index in [-0.39, 0.29) is 65.0 Å². The predicted octanol–water partition coefficient (Wildman–Crippen LogP) is 0.784. The highest BCUT2D eigenvalue weighted by atomic mass is 127. The first kappa shape index (κ1) is 24.3. The van der Waals surface area contributed by atoms with Crippen molar-refractivity contribution < 1.29 is 14.3 Å². The summed E-state index contributed by atoms with van der Waals surface area (Å²) < 4.78 is 5.55. The second-order valence-corrected chi connectivity index (χ2v) is 10.4. The number of nitrogens with zero attached hydrogens (tertiary/aromatic N) is 3. The third-order valence-corrected chi connectivity index (χ3v) is 9.00. The molecule has 3 saturated heterocycles. The van der Waals surface area contributed by atoms with Gasteiger partial charge in [0.25, 0.3) is 0 Å². The van der Waals surface area contributed by atoms with Crippen LogP contribution in [-0.2, 0) is 14.3 Å². The van der Waals surface area contributed by atoms with Gasteiger partial charge in [0.2, 0.25) is 11.8 Å². The van der Waals surface area contributed by atoms with Gasteiger partial charge in [-0.1, -0.05) is 12.2 Å². The summed E-state index contributed by atoms with van der Waals surface area (Å²) in [7, 11) is 1.76. The van der Waals surface area contributed by atoms with Crippen LogP contribution in [0.25, 0.3) is 0 Å². The summed E-state index contributed by atoms with van der Waals surface area (Å²) in [6.45, 7) is 5.31. The van der Waals surface area contributed by atoms with Gasteiger partial charge < -0.3 is 15.4 Å². The van der Waals surface area contributed by atoms with Crippen LogP contribution in [0.1, 0.15) is 12.8 Å². The summed E-state index contributed by atoms with van der Waals surface area (Å²) in [5, 5.41) is 6.82. The monoisotopic (exact) mass is 575 g/mol. The lowest BCUT2D eigenvalue weighted by Gasteiger charge is -2.43. The van der Waals surface area contributed by atoms with Crippen LogP contribution in [0.2, 0.25) is 0 Å². The van der Waals surface area contributed by atoms with Crippen molar-refractivity contribution in [2.24, 2.45) is 28.7 Å². The van der Waals surface area contributed by atoms with Crippen LogP contribution >= 0.6 is 35.7 Å². The van der Waals surface area contributed by atoms with Crippen LogP contribution in [0.5, 0.6) is 0 Å². The van der Waals surface area contributed by atoms with Crippen LogP contribution in [-0.4, -0.2) is 97.6 Å². The minimum absolute atomic E-state index is 0. The first-order valence-electron chi connectivity index (χ1n) is 11.5. The van der Waals surface area contributed by atoms with E-state index in [4.69, 9.17) is 4.74 Å². The van der Waals surface area contributed by atoms with E-state index in [9.17, 15) is 9.59 Å². The normalized spacial score (nSPS) is 36.5. The minimum Gasteiger partial charge on any atom is -0.379 e. The number of amides is 2. The Balaban J connectivity index is 0.00000245. The van der Waals surface area contributed by atoms with Gasteiger partial charge in [-0.05, 0) is 30.4 Å². The zero-order valence-electron chi connectivity index (χ0n) is 18.6. The lowest BCUT2D eigenvalue weighted by molar-refractivity contribution is -0.140. The Morgan fingerprint density at radius 2 is 1.88 bits per heavy atom. The van der Waals surface area contributed by atoms with E-state index in [0.29, 0.717) is 13.1 Å². The van der Waals surface area contributed by atoms with E-state index < -0.39 is 0 Å². The zero-order valence-corrected chi connectivity index (χ0v) is 21.8. The van der Waals surface area contributed by atoms with Gasteiger partial charge in [-0.3, -0.25) is 24.4 Å². The number of carbonyl (C=O) groups excluding carboxylic acids is 2. The van der Waals surface area contributed by atoms with Crippen LogP contribution in [0.3, 0.4) is 0 Å². The number of imide groups is 1. The Morgan fingerprint density at radius 1 is 1.19 bits per heavy atom. The van der Waals surface area contributed by atoms with Gasteiger partial charge in [0.05, 0.1) is 25.0 Å². The third-order valence-electron chi connectivity index (χ3n) is 7.76. The molecule has 2 aliphatic carbocycles. The molecule has 5 rings (SSSR count). The van der Waals surface area contributed by atoms with Crippen molar-refractivity contribution in [2.45, 2.75) is 18.4 Å². The van der Waals surface area contributed by atoms with Crippen molar-refractivity contribution in [2.75, 3.05) is 64.5 Å². The quantitative estimate of drug-likeness (QED) is 0.159. The fourth-order valence-corrected chi connectivity index (χ4v) is 7.55. The maximum atomic E-state index is 12.8. The first-order valence-corrected chi connectivity index (χ1v) is 12.7. The highest BCUT2D eigenvalue weighted by Gasteiger charge is 2.59. The number of aliphatic imine (C=N–C) groups is 1. The van der Waals surface area contributed by atoms with Gasteiger partial charge in [-0.15, -0.1) is 24.0 Å². The summed E-state index contributed by atoms with van der Waals surface area (Å²) in [5.41, 5.74) is 0.136. The number of likely N-dealkylation sites (tertiary alicyclic amines) is 1. The summed E-state index contributed by atoms with van der Waals surface area (Å²) in [5.74, 6) is 3.36. The molecule has 3 aliphatic heterocycles. The smallest absolute Gasteiger partial charge is 0.233 e. The average molecular weight is 576 g/mol. The summed E-state index contributed by atoms with van der Waals surface area (Å²) in [4.78, 5) is 34.1. The van der Waals surface area contributed by atoms with E-state index in [1.807, 2.05) is 11.8 Å². The van der Waals surface area contributed by atoms with Crippen molar-refractivity contribution in [3.05, 3.63) is 12.2 Å². The number of fused-ring (bicyclic) bond motifs is 5. The van der Waals surface area contributed by atoms with Crippen molar-refractivity contribution in [1.29, 1.82) is 0 Å². The third kappa shape index (κ3) is 4.32. The van der Waals surface area contributed by atoms with Gasteiger partial charge in [0, 0.05) is 51.1 Å². The van der Waals surface area contributed by atoms with Gasteiger partial charge in [0.15, 0.2) is 5.96 Å². The SMILES string of the molecule is CN=C(NCCN1C(=O)C2C3C=CC(C3)C2C1=O)NCC1(N2CCOCC2)CCSC1.I. The molecule has 5 aliphatic rings. The molecule has 2 amide bonds. The summed E-state index contributed by atoms with van der Waals surface area (Å²) in [6, 6.07) is 0. The zero-order chi connectivity index (χ0) is 21.4. The molecule has 4 fully saturated rings. The van der Waals surface area contributed by atoms with Crippen LogP contribution < -0.4 is 10.6 Å². The molecule has 2 bridgehead atoms. The maximum Gasteiger partial charge on any atom is 0.233 e. The lowest BCUT2D eigenvalue weighted by atomic mass is 9.85. The van der Waals surface area contributed by atoms with Crippen LogP contribution in [0.4, 0.5) is 0 Å². The number of halogens is 1. The van der Waals surface area contributed by atoms with Crippen molar-refractivity contribution in [3.63, 3.8) is 0 Å². The van der Waals surface area contributed by atoms with Gasteiger partial charge >= 0.3 is 0 Å². The number of thioether (sulfide) groups is 1. The molecule has 0 radical (unpaired) electrons. The van der Waals surface area contributed by atoms with E-state index >= 15 is 0 Å². The second-order valence-electron chi connectivity index (χ2n) is 9.31. The topological polar surface area (TPSA) is 86.3 Å². The Hall–Kier alpha value is -0.850. The summed E-state index contributed by atoms with van der Waals surface area (Å²) >= 11 is 2.01.